The van der Waals surface area contributed by atoms with Crippen molar-refractivity contribution in [3.05, 3.63) is 24.2 Å². The van der Waals surface area contributed by atoms with Crippen LogP contribution in [0.1, 0.15) is 58.3 Å². The van der Waals surface area contributed by atoms with E-state index in [0.29, 0.717) is 31.6 Å². The quantitative estimate of drug-likeness (QED) is 0.130. The minimum absolute atomic E-state index is 0.000199. The number of carbonyl (C=O) groups is 3. The minimum Gasteiger partial charge on any atom is -0.461 e. The maximum Gasteiger partial charge on any atom is 0.323 e. The Morgan fingerprint density at radius 1 is 1.21 bits per heavy atom. The van der Waals surface area contributed by atoms with Crippen LogP contribution in [-0.2, 0) is 42.8 Å². The van der Waals surface area contributed by atoms with E-state index in [1.807, 2.05) is 6.07 Å². The Labute approximate surface area is 243 Å². The molecule has 0 bridgehead atoms. The molecule has 1 aliphatic heterocycles. The fourth-order valence-electron chi connectivity index (χ4n) is 4.25. The number of fused-ring (bicyclic) bond motifs is 1. The lowest BCUT2D eigenvalue weighted by Gasteiger charge is -2.37. The average molecular weight is 591 g/mol. The number of nitriles is 1. The van der Waals surface area contributed by atoms with Gasteiger partial charge in [-0.2, -0.15) is 10.4 Å². The maximum absolute atomic E-state index is 12.6. The van der Waals surface area contributed by atoms with Gasteiger partial charge in [0, 0.05) is 32.8 Å². The number of ether oxygens (including phenoxy) is 6. The van der Waals surface area contributed by atoms with Crippen molar-refractivity contribution in [2.75, 3.05) is 39.4 Å². The van der Waals surface area contributed by atoms with Crippen LogP contribution in [0.4, 0.5) is 5.82 Å². The van der Waals surface area contributed by atoms with E-state index in [0.717, 1.165) is 0 Å². The van der Waals surface area contributed by atoms with E-state index in [1.165, 1.54) is 18.0 Å². The number of anilines is 1. The van der Waals surface area contributed by atoms with Crippen LogP contribution in [0.2, 0.25) is 0 Å². The highest BCUT2D eigenvalue weighted by atomic mass is 16.6. The zero-order chi connectivity index (χ0) is 30.7. The molecule has 4 atom stereocenters. The first-order valence-electron chi connectivity index (χ1n) is 13.7. The SMILES string of the molecule is CCC(=O)O[C@@H](c1ccc2c(N)ncnn12)[C@H](OC(=O)CC)C(C#N)(COCN[C@@H](C)C(=O)OC1CCOCC1)OC. The van der Waals surface area contributed by atoms with Crippen LogP contribution in [0.5, 0.6) is 0 Å². The van der Waals surface area contributed by atoms with E-state index in [2.05, 4.69) is 15.4 Å². The summed E-state index contributed by atoms with van der Waals surface area (Å²) in [7, 11) is 1.25. The van der Waals surface area contributed by atoms with Crippen LogP contribution in [0.25, 0.3) is 5.52 Å². The summed E-state index contributed by atoms with van der Waals surface area (Å²) in [6.07, 6.45) is -0.618. The average Bonchev–Trinajstić information content (AvgIpc) is 3.44. The van der Waals surface area contributed by atoms with E-state index in [1.54, 1.807) is 32.9 Å². The number of carbonyl (C=O) groups excluding carboxylic acids is 3. The van der Waals surface area contributed by atoms with Crippen molar-refractivity contribution in [1.82, 2.24) is 19.9 Å². The van der Waals surface area contributed by atoms with Crippen molar-refractivity contribution in [1.29, 1.82) is 5.26 Å². The molecule has 3 rings (SSSR count). The molecule has 0 aromatic carbocycles. The van der Waals surface area contributed by atoms with Gasteiger partial charge in [-0.05, 0) is 19.1 Å². The van der Waals surface area contributed by atoms with E-state index in [9.17, 15) is 19.6 Å². The highest BCUT2D eigenvalue weighted by Crippen LogP contribution is 2.35. The van der Waals surface area contributed by atoms with Crippen molar-refractivity contribution in [2.45, 2.75) is 76.4 Å². The maximum atomic E-state index is 12.6. The summed E-state index contributed by atoms with van der Waals surface area (Å²) >= 11 is 0. The molecule has 15 nitrogen and oxygen atoms in total. The molecule has 0 spiro atoms. The number of methoxy groups -OCH3 is 1. The second kappa shape index (κ2) is 15.4. The second-order valence-corrected chi connectivity index (χ2v) is 9.60. The van der Waals surface area contributed by atoms with Crippen molar-refractivity contribution < 1.29 is 42.8 Å². The van der Waals surface area contributed by atoms with Crippen LogP contribution in [0.3, 0.4) is 0 Å². The molecule has 0 saturated carbocycles. The van der Waals surface area contributed by atoms with Gasteiger partial charge < -0.3 is 34.2 Å². The lowest BCUT2D eigenvalue weighted by Crippen LogP contribution is -2.53. The molecule has 0 amide bonds. The van der Waals surface area contributed by atoms with Gasteiger partial charge in [-0.3, -0.25) is 19.7 Å². The Kier molecular flexibility index (Phi) is 12.0. The lowest BCUT2D eigenvalue weighted by molar-refractivity contribution is -0.197. The third-order valence-corrected chi connectivity index (χ3v) is 6.80. The van der Waals surface area contributed by atoms with E-state index in [-0.39, 0.29) is 37.2 Å². The topological polar surface area (TPSA) is 199 Å². The molecule has 0 aliphatic carbocycles. The van der Waals surface area contributed by atoms with E-state index >= 15 is 0 Å². The Morgan fingerprint density at radius 2 is 1.90 bits per heavy atom. The summed E-state index contributed by atoms with van der Waals surface area (Å²) in [6.45, 7) is 5.26. The minimum atomic E-state index is -1.96. The largest absolute Gasteiger partial charge is 0.461 e. The van der Waals surface area contributed by atoms with Gasteiger partial charge in [0.15, 0.2) is 18.0 Å². The number of rotatable bonds is 15. The highest BCUT2D eigenvalue weighted by molar-refractivity contribution is 5.75. The van der Waals surface area contributed by atoms with Crippen molar-refractivity contribution in [3.8, 4) is 6.07 Å². The number of esters is 3. The van der Waals surface area contributed by atoms with Gasteiger partial charge in [0.05, 0.1) is 32.2 Å². The fraction of sp³-hybridized carbons (Fsp3) is 0.630. The van der Waals surface area contributed by atoms with Crippen LogP contribution in [0, 0.1) is 11.3 Å². The standard InChI is InChI=1S/C27H38N6O9/c1-5-21(34)41-23(19-7-8-20-25(29)30-15-32-33(19)20)24(42-22(35)6-2)27(13-28,37-4)14-39-16-31-17(3)26(36)40-18-9-11-38-12-10-18/h7-8,15,17-18,23-24,31H,5-6,9-12,14,16H2,1-4H3,(H2,29,30,32)/t17-,23-,24-,27?/m0/s1. The van der Waals surface area contributed by atoms with Gasteiger partial charge in [0.2, 0.25) is 5.60 Å². The van der Waals surface area contributed by atoms with E-state index < -0.39 is 48.4 Å². The Bertz CT molecular complexity index is 1260. The van der Waals surface area contributed by atoms with Crippen molar-refractivity contribution in [2.24, 2.45) is 0 Å². The highest BCUT2D eigenvalue weighted by Gasteiger charge is 2.50. The first-order valence-corrected chi connectivity index (χ1v) is 13.7. The van der Waals surface area contributed by atoms with E-state index in [4.69, 9.17) is 34.2 Å². The first kappa shape index (κ1) is 32.7. The molecule has 2 aromatic heterocycles. The summed E-state index contributed by atoms with van der Waals surface area (Å²) in [5.41, 5.74) is 4.69. The number of nitrogens with two attached hydrogens (primary N) is 1. The number of hydrogen-bond donors (Lipinski definition) is 2. The molecule has 2 aromatic rings. The smallest absolute Gasteiger partial charge is 0.323 e. The number of nitrogen functional groups attached to an aromatic ring is 1. The van der Waals surface area contributed by atoms with Gasteiger partial charge in [-0.1, -0.05) is 13.8 Å². The van der Waals surface area contributed by atoms with Crippen LogP contribution in [0.15, 0.2) is 18.5 Å². The van der Waals surface area contributed by atoms with Crippen LogP contribution >= 0.6 is 0 Å². The summed E-state index contributed by atoms with van der Waals surface area (Å²) in [5.74, 6) is -1.59. The summed E-state index contributed by atoms with van der Waals surface area (Å²) in [6, 6.07) is 4.51. The monoisotopic (exact) mass is 590 g/mol. The molecule has 1 aliphatic rings. The first-order chi connectivity index (χ1) is 20.2. The van der Waals surface area contributed by atoms with Gasteiger partial charge in [0.25, 0.3) is 0 Å². The molecular weight excluding hydrogens is 552 g/mol. The number of hydrogen-bond acceptors (Lipinski definition) is 14. The van der Waals surface area contributed by atoms with Gasteiger partial charge >= 0.3 is 17.9 Å². The Morgan fingerprint density at radius 3 is 2.55 bits per heavy atom. The van der Waals surface area contributed by atoms with Gasteiger partial charge in [0.1, 0.15) is 30.1 Å². The third-order valence-electron chi connectivity index (χ3n) is 6.80. The second-order valence-electron chi connectivity index (χ2n) is 9.60. The van der Waals surface area contributed by atoms with Crippen molar-refractivity contribution >= 4 is 29.2 Å². The molecule has 42 heavy (non-hydrogen) atoms. The predicted octanol–water partition coefficient (Wildman–Crippen LogP) is 1.21. The van der Waals surface area contributed by atoms with Gasteiger partial charge in [-0.15, -0.1) is 0 Å². The predicted molar refractivity (Wildman–Crippen MR) is 145 cm³/mol. The molecule has 15 heteroatoms. The summed E-state index contributed by atoms with van der Waals surface area (Å²) < 4.78 is 35.0. The lowest BCUT2D eigenvalue weighted by atomic mass is 9.92. The van der Waals surface area contributed by atoms with Gasteiger partial charge in [-0.25, -0.2) is 9.50 Å². The summed E-state index contributed by atoms with van der Waals surface area (Å²) in [5, 5.41) is 17.5. The molecular formula is C27H38N6O9. The normalized spacial score (nSPS) is 17.4. The molecule has 3 N–H and O–H groups in total. The zero-order valence-corrected chi connectivity index (χ0v) is 24.2. The van der Waals surface area contributed by atoms with Crippen LogP contribution in [-0.4, -0.2) is 90.0 Å². The molecule has 1 saturated heterocycles. The van der Waals surface area contributed by atoms with Crippen molar-refractivity contribution in [3.63, 3.8) is 0 Å². The number of nitrogens with one attached hydrogen (secondary N) is 1. The summed E-state index contributed by atoms with van der Waals surface area (Å²) in [4.78, 5) is 41.6. The Balaban J connectivity index is 1.84. The Hall–Kier alpha value is -3.84. The zero-order valence-electron chi connectivity index (χ0n) is 24.2. The molecule has 1 unspecified atom stereocenters. The number of aromatic nitrogens is 3. The number of nitrogens with zero attached hydrogens (tertiary/aromatic N) is 4. The molecule has 1 fully saturated rings. The molecule has 0 radical (unpaired) electrons. The fourth-order valence-corrected chi connectivity index (χ4v) is 4.25. The van der Waals surface area contributed by atoms with Crippen LogP contribution < -0.4 is 11.1 Å². The third kappa shape index (κ3) is 7.91. The molecule has 3 heterocycles. The molecule has 230 valence electrons.